The van der Waals surface area contributed by atoms with Gasteiger partial charge in [-0.05, 0) is 30.9 Å². The Morgan fingerprint density at radius 1 is 1.44 bits per heavy atom. The Morgan fingerprint density at radius 3 is 2.88 bits per heavy atom. The molecule has 0 unspecified atom stereocenters. The SMILES string of the molecule is CNC(=O)N1CCC[C@H](Cn2cccc2)C1. The summed E-state index contributed by atoms with van der Waals surface area (Å²) in [6, 6.07) is 4.14. The first-order valence-electron chi connectivity index (χ1n) is 5.87. The van der Waals surface area contributed by atoms with Crippen LogP contribution in [0.15, 0.2) is 24.5 Å². The van der Waals surface area contributed by atoms with Crippen molar-refractivity contribution in [1.82, 2.24) is 14.8 Å². The molecule has 2 amide bonds. The molecule has 4 nitrogen and oxygen atoms in total. The van der Waals surface area contributed by atoms with Crippen LogP contribution >= 0.6 is 0 Å². The Morgan fingerprint density at radius 2 is 2.19 bits per heavy atom. The molecule has 0 radical (unpaired) electrons. The monoisotopic (exact) mass is 221 g/mol. The summed E-state index contributed by atoms with van der Waals surface area (Å²) in [5.41, 5.74) is 0. The molecule has 1 fully saturated rings. The van der Waals surface area contributed by atoms with Gasteiger partial charge in [0, 0.05) is 39.1 Å². The van der Waals surface area contributed by atoms with Crippen molar-refractivity contribution in [2.75, 3.05) is 20.1 Å². The number of piperidine rings is 1. The highest BCUT2D eigenvalue weighted by Gasteiger charge is 2.22. The van der Waals surface area contributed by atoms with E-state index in [1.807, 2.05) is 17.0 Å². The van der Waals surface area contributed by atoms with Crippen LogP contribution in [-0.2, 0) is 6.54 Å². The number of nitrogens with zero attached hydrogens (tertiary/aromatic N) is 2. The average molecular weight is 221 g/mol. The predicted molar refractivity (Wildman–Crippen MR) is 63.2 cm³/mol. The van der Waals surface area contributed by atoms with E-state index in [1.54, 1.807) is 7.05 Å². The highest BCUT2D eigenvalue weighted by Crippen LogP contribution is 2.18. The fourth-order valence-electron chi connectivity index (χ4n) is 2.35. The molecule has 1 aromatic heterocycles. The molecule has 1 aliphatic rings. The van der Waals surface area contributed by atoms with Crippen molar-refractivity contribution in [3.8, 4) is 0 Å². The van der Waals surface area contributed by atoms with Crippen LogP contribution in [0.5, 0.6) is 0 Å². The van der Waals surface area contributed by atoms with E-state index in [0.717, 1.165) is 26.1 Å². The van der Waals surface area contributed by atoms with Gasteiger partial charge in [-0.3, -0.25) is 0 Å². The zero-order chi connectivity index (χ0) is 11.4. The summed E-state index contributed by atoms with van der Waals surface area (Å²) in [4.78, 5) is 13.4. The molecular formula is C12H19N3O. The molecule has 2 heterocycles. The topological polar surface area (TPSA) is 37.3 Å². The second-order valence-corrected chi connectivity index (χ2v) is 4.39. The lowest BCUT2D eigenvalue weighted by atomic mass is 9.98. The maximum absolute atomic E-state index is 11.5. The third-order valence-electron chi connectivity index (χ3n) is 3.16. The van der Waals surface area contributed by atoms with Crippen molar-refractivity contribution in [2.45, 2.75) is 19.4 Å². The Kier molecular flexibility index (Phi) is 3.49. The van der Waals surface area contributed by atoms with E-state index in [-0.39, 0.29) is 6.03 Å². The van der Waals surface area contributed by atoms with E-state index in [9.17, 15) is 4.79 Å². The van der Waals surface area contributed by atoms with Gasteiger partial charge < -0.3 is 14.8 Å². The molecule has 0 saturated carbocycles. The fourth-order valence-corrected chi connectivity index (χ4v) is 2.35. The highest BCUT2D eigenvalue weighted by atomic mass is 16.2. The molecule has 88 valence electrons. The Bertz CT molecular complexity index is 334. The van der Waals surface area contributed by atoms with Crippen LogP contribution in [0, 0.1) is 5.92 Å². The number of hydrogen-bond donors (Lipinski definition) is 1. The van der Waals surface area contributed by atoms with Crippen molar-refractivity contribution >= 4 is 6.03 Å². The smallest absolute Gasteiger partial charge is 0.317 e. The second kappa shape index (κ2) is 5.05. The predicted octanol–water partition coefficient (Wildman–Crippen LogP) is 1.54. The third kappa shape index (κ3) is 2.56. The minimum absolute atomic E-state index is 0.0530. The molecule has 16 heavy (non-hydrogen) atoms. The molecule has 0 spiro atoms. The number of nitrogens with one attached hydrogen (secondary N) is 1. The summed E-state index contributed by atoms with van der Waals surface area (Å²) in [5.74, 6) is 0.582. The number of amides is 2. The molecule has 1 N–H and O–H groups in total. The summed E-state index contributed by atoms with van der Waals surface area (Å²) >= 11 is 0. The zero-order valence-electron chi connectivity index (χ0n) is 9.72. The van der Waals surface area contributed by atoms with E-state index < -0.39 is 0 Å². The quantitative estimate of drug-likeness (QED) is 0.808. The number of urea groups is 1. The van der Waals surface area contributed by atoms with Crippen LogP contribution in [-0.4, -0.2) is 35.6 Å². The van der Waals surface area contributed by atoms with Crippen molar-refractivity contribution in [2.24, 2.45) is 5.92 Å². The van der Waals surface area contributed by atoms with Crippen LogP contribution in [0.3, 0.4) is 0 Å². The fraction of sp³-hybridized carbons (Fsp3) is 0.583. The number of hydrogen-bond acceptors (Lipinski definition) is 1. The molecule has 4 heteroatoms. The summed E-state index contributed by atoms with van der Waals surface area (Å²) in [6.45, 7) is 2.78. The maximum atomic E-state index is 11.5. The lowest BCUT2D eigenvalue weighted by Gasteiger charge is -2.32. The van der Waals surface area contributed by atoms with Gasteiger partial charge in [0.05, 0.1) is 0 Å². The maximum Gasteiger partial charge on any atom is 0.317 e. The molecule has 1 atom stereocenters. The summed E-state index contributed by atoms with van der Waals surface area (Å²) in [6.07, 6.45) is 6.49. The molecule has 0 aliphatic carbocycles. The number of likely N-dealkylation sites (tertiary alicyclic amines) is 1. The van der Waals surface area contributed by atoms with Gasteiger partial charge in [-0.2, -0.15) is 0 Å². The van der Waals surface area contributed by atoms with Crippen LogP contribution in [0.1, 0.15) is 12.8 Å². The second-order valence-electron chi connectivity index (χ2n) is 4.39. The number of carbonyl (C=O) groups is 1. The van der Waals surface area contributed by atoms with Crippen molar-refractivity contribution in [3.63, 3.8) is 0 Å². The molecule has 0 aromatic carbocycles. The lowest BCUT2D eigenvalue weighted by Crippen LogP contribution is -2.45. The van der Waals surface area contributed by atoms with Gasteiger partial charge in [0.2, 0.25) is 0 Å². The van der Waals surface area contributed by atoms with Gasteiger partial charge in [-0.15, -0.1) is 0 Å². The van der Waals surface area contributed by atoms with Gasteiger partial charge in [0.25, 0.3) is 0 Å². The molecule has 0 bridgehead atoms. The summed E-state index contributed by atoms with van der Waals surface area (Å²) < 4.78 is 2.19. The van der Waals surface area contributed by atoms with Gasteiger partial charge in [0.15, 0.2) is 0 Å². The van der Waals surface area contributed by atoms with E-state index in [4.69, 9.17) is 0 Å². The van der Waals surface area contributed by atoms with Crippen LogP contribution in [0.4, 0.5) is 4.79 Å². The molecule has 2 rings (SSSR count). The lowest BCUT2D eigenvalue weighted by molar-refractivity contribution is 0.161. The first-order chi connectivity index (χ1) is 7.79. The largest absolute Gasteiger partial charge is 0.354 e. The first kappa shape index (κ1) is 11.0. The van der Waals surface area contributed by atoms with Crippen LogP contribution in [0.25, 0.3) is 0 Å². The first-order valence-corrected chi connectivity index (χ1v) is 5.87. The minimum atomic E-state index is 0.0530. The van der Waals surface area contributed by atoms with Crippen LogP contribution in [0.2, 0.25) is 0 Å². The average Bonchev–Trinajstić information content (AvgIpc) is 2.81. The standard InChI is InChI=1S/C12H19N3O/c1-13-12(16)15-8-4-5-11(10-15)9-14-6-2-3-7-14/h2-3,6-7,11H,4-5,8-10H2,1H3,(H,13,16)/t11-/m1/s1. The molecule has 1 aromatic rings. The summed E-state index contributed by atoms with van der Waals surface area (Å²) in [7, 11) is 1.69. The van der Waals surface area contributed by atoms with E-state index in [2.05, 4.69) is 22.3 Å². The zero-order valence-corrected chi connectivity index (χ0v) is 9.72. The molecule has 1 saturated heterocycles. The van der Waals surface area contributed by atoms with Gasteiger partial charge >= 0.3 is 6.03 Å². The molecular weight excluding hydrogens is 202 g/mol. The third-order valence-corrected chi connectivity index (χ3v) is 3.16. The van der Waals surface area contributed by atoms with Crippen molar-refractivity contribution in [3.05, 3.63) is 24.5 Å². The van der Waals surface area contributed by atoms with Gasteiger partial charge in [-0.25, -0.2) is 4.79 Å². The van der Waals surface area contributed by atoms with Crippen molar-refractivity contribution < 1.29 is 4.79 Å². The number of aromatic nitrogens is 1. The highest BCUT2D eigenvalue weighted by molar-refractivity contribution is 5.73. The molecule has 1 aliphatic heterocycles. The van der Waals surface area contributed by atoms with Gasteiger partial charge in [0.1, 0.15) is 0 Å². The Labute approximate surface area is 96.2 Å². The Hall–Kier alpha value is -1.45. The summed E-state index contributed by atoms with van der Waals surface area (Å²) in [5, 5.41) is 2.69. The number of rotatable bonds is 2. The van der Waals surface area contributed by atoms with E-state index >= 15 is 0 Å². The number of carbonyl (C=O) groups excluding carboxylic acids is 1. The van der Waals surface area contributed by atoms with E-state index in [0.29, 0.717) is 5.92 Å². The normalized spacial score (nSPS) is 20.8. The Balaban J connectivity index is 1.89. The van der Waals surface area contributed by atoms with Crippen molar-refractivity contribution in [1.29, 1.82) is 0 Å². The van der Waals surface area contributed by atoms with Gasteiger partial charge in [-0.1, -0.05) is 0 Å². The minimum Gasteiger partial charge on any atom is -0.354 e. The van der Waals surface area contributed by atoms with Crippen LogP contribution < -0.4 is 5.32 Å². The van der Waals surface area contributed by atoms with E-state index in [1.165, 1.54) is 6.42 Å².